The summed E-state index contributed by atoms with van der Waals surface area (Å²) < 4.78 is 13.5. The van der Waals surface area contributed by atoms with E-state index in [1.807, 2.05) is 0 Å². The summed E-state index contributed by atoms with van der Waals surface area (Å²) in [7, 11) is 0. The third-order valence-electron chi connectivity index (χ3n) is 3.03. The lowest BCUT2D eigenvalue weighted by atomic mass is 10.1. The quantitative estimate of drug-likeness (QED) is 0.855. The first-order valence-corrected chi connectivity index (χ1v) is 6.23. The van der Waals surface area contributed by atoms with Gasteiger partial charge in [0.05, 0.1) is 17.6 Å². The maximum absolute atomic E-state index is 13.5. The van der Waals surface area contributed by atoms with Crippen LogP contribution in [0.4, 0.5) is 10.2 Å². The molecule has 1 aromatic rings. The number of likely N-dealkylation sites (tertiary alicyclic amines) is 1. The summed E-state index contributed by atoms with van der Waals surface area (Å²) in [5.74, 6) is -0.180. The van der Waals surface area contributed by atoms with Gasteiger partial charge in [0.1, 0.15) is 0 Å². The fourth-order valence-electron chi connectivity index (χ4n) is 2.05. The average molecular weight is 269 g/mol. The largest absolute Gasteiger partial charge is 0.365 e. The minimum absolute atomic E-state index is 0.197. The maximum Gasteiger partial charge on any atom is 0.166 e. The molecule has 0 atom stereocenters. The predicted molar refractivity (Wildman–Crippen MR) is 67.9 cm³/mol. The Morgan fingerprint density at radius 3 is 2.89 bits per heavy atom. The van der Waals surface area contributed by atoms with Crippen molar-refractivity contribution in [3.8, 4) is 6.07 Å². The van der Waals surface area contributed by atoms with E-state index >= 15 is 0 Å². The van der Waals surface area contributed by atoms with Crippen LogP contribution in [-0.4, -0.2) is 35.6 Å². The van der Waals surface area contributed by atoms with Crippen LogP contribution in [0, 0.1) is 17.1 Å². The van der Waals surface area contributed by atoms with E-state index in [4.69, 9.17) is 16.9 Å². The van der Waals surface area contributed by atoms with Crippen LogP contribution in [0.3, 0.4) is 0 Å². The van der Waals surface area contributed by atoms with E-state index in [0.717, 1.165) is 25.9 Å². The standard InChI is InChI=1S/C12H14ClFN4/c13-9-7-11(14)12(16-8-9)17-10-1-4-18(5-2-10)6-3-15/h7-8,10H,1-2,4-6H2,(H,16,17). The van der Waals surface area contributed by atoms with Crippen molar-refractivity contribution in [3.05, 3.63) is 23.1 Å². The first kappa shape index (κ1) is 13.1. The number of piperidine rings is 1. The second kappa shape index (κ2) is 5.98. The fourth-order valence-corrected chi connectivity index (χ4v) is 2.19. The van der Waals surface area contributed by atoms with Gasteiger partial charge >= 0.3 is 0 Å². The Morgan fingerprint density at radius 2 is 2.28 bits per heavy atom. The summed E-state index contributed by atoms with van der Waals surface area (Å²) in [4.78, 5) is 6.03. The van der Waals surface area contributed by atoms with Crippen molar-refractivity contribution in [2.24, 2.45) is 0 Å². The zero-order valence-corrected chi connectivity index (χ0v) is 10.6. The molecule has 0 aromatic carbocycles. The van der Waals surface area contributed by atoms with Crippen LogP contribution in [0.1, 0.15) is 12.8 Å². The second-order valence-electron chi connectivity index (χ2n) is 4.34. The summed E-state index contributed by atoms with van der Waals surface area (Å²) in [6, 6.07) is 3.58. The molecule has 0 radical (unpaired) electrons. The zero-order valence-electron chi connectivity index (χ0n) is 9.87. The number of pyridine rings is 1. The molecule has 1 aliphatic rings. The molecule has 2 rings (SSSR count). The summed E-state index contributed by atoms with van der Waals surface area (Å²) in [5.41, 5.74) is 0. The molecular formula is C12H14ClFN4. The lowest BCUT2D eigenvalue weighted by Crippen LogP contribution is -2.39. The molecule has 0 spiro atoms. The van der Waals surface area contributed by atoms with Crippen molar-refractivity contribution in [3.63, 3.8) is 0 Å². The van der Waals surface area contributed by atoms with Crippen molar-refractivity contribution in [1.29, 1.82) is 5.26 Å². The second-order valence-corrected chi connectivity index (χ2v) is 4.77. The summed E-state index contributed by atoms with van der Waals surface area (Å²) in [6.45, 7) is 2.15. The van der Waals surface area contributed by atoms with Crippen molar-refractivity contribution >= 4 is 17.4 Å². The SMILES string of the molecule is N#CCN1CCC(Nc2ncc(Cl)cc2F)CC1. The molecule has 6 heteroatoms. The van der Waals surface area contributed by atoms with E-state index in [1.165, 1.54) is 12.3 Å². The highest BCUT2D eigenvalue weighted by molar-refractivity contribution is 6.30. The maximum atomic E-state index is 13.5. The number of anilines is 1. The molecule has 0 saturated carbocycles. The van der Waals surface area contributed by atoms with Crippen LogP contribution in [-0.2, 0) is 0 Å². The molecule has 1 aromatic heterocycles. The van der Waals surface area contributed by atoms with Crippen LogP contribution in [0.15, 0.2) is 12.3 Å². The van der Waals surface area contributed by atoms with Crippen LogP contribution in [0.25, 0.3) is 0 Å². The van der Waals surface area contributed by atoms with Gasteiger partial charge in [-0.3, -0.25) is 4.90 Å². The molecule has 0 aliphatic carbocycles. The van der Waals surface area contributed by atoms with Gasteiger partial charge in [0.25, 0.3) is 0 Å². The molecule has 2 heterocycles. The monoisotopic (exact) mass is 268 g/mol. The number of hydrogen-bond acceptors (Lipinski definition) is 4. The predicted octanol–water partition coefficient (Wildman–Crippen LogP) is 2.27. The van der Waals surface area contributed by atoms with Gasteiger partial charge < -0.3 is 5.32 Å². The van der Waals surface area contributed by atoms with Crippen molar-refractivity contribution in [2.75, 3.05) is 25.0 Å². The Hall–Kier alpha value is -1.38. The number of nitrogens with zero attached hydrogens (tertiary/aromatic N) is 3. The lowest BCUT2D eigenvalue weighted by molar-refractivity contribution is 0.242. The molecule has 96 valence electrons. The Bertz CT molecular complexity index is 452. The molecule has 1 N–H and O–H groups in total. The molecule has 4 nitrogen and oxygen atoms in total. The average Bonchev–Trinajstić information content (AvgIpc) is 2.35. The molecule has 1 aliphatic heterocycles. The zero-order chi connectivity index (χ0) is 13.0. The van der Waals surface area contributed by atoms with Gasteiger partial charge in [0.2, 0.25) is 0 Å². The molecule has 0 unspecified atom stereocenters. The number of hydrogen-bond donors (Lipinski definition) is 1. The Morgan fingerprint density at radius 1 is 1.56 bits per heavy atom. The van der Waals surface area contributed by atoms with E-state index in [-0.39, 0.29) is 11.9 Å². The van der Waals surface area contributed by atoms with Crippen LogP contribution < -0.4 is 5.32 Å². The third kappa shape index (κ3) is 3.31. The fraction of sp³-hybridized carbons (Fsp3) is 0.500. The highest BCUT2D eigenvalue weighted by atomic mass is 35.5. The minimum Gasteiger partial charge on any atom is -0.365 e. The van der Waals surface area contributed by atoms with E-state index in [2.05, 4.69) is 21.3 Å². The highest BCUT2D eigenvalue weighted by Crippen LogP contribution is 2.19. The summed E-state index contributed by atoms with van der Waals surface area (Å²) in [6.07, 6.45) is 3.19. The van der Waals surface area contributed by atoms with Gasteiger partial charge in [-0.05, 0) is 18.9 Å². The van der Waals surface area contributed by atoms with E-state index < -0.39 is 5.82 Å². The van der Waals surface area contributed by atoms with Gasteiger partial charge in [0.15, 0.2) is 11.6 Å². The van der Waals surface area contributed by atoms with Crippen molar-refractivity contribution < 1.29 is 4.39 Å². The number of rotatable bonds is 3. The number of nitrogens with one attached hydrogen (secondary N) is 1. The third-order valence-corrected chi connectivity index (χ3v) is 3.24. The molecular weight excluding hydrogens is 255 g/mol. The Labute approximate surface area is 110 Å². The van der Waals surface area contributed by atoms with Crippen LogP contribution in [0.5, 0.6) is 0 Å². The van der Waals surface area contributed by atoms with Gasteiger partial charge in [-0.25, -0.2) is 9.37 Å². The number of halogens is 2. The van der Waals surface area contributed by atoms with E-state index in [9.17, 15) is 4.39 Å². The van der Waals surface area contributed by atoms with Gasteiger partial charge in [-0.15, -0.1) is 0 Å². The summed E-state index contributed by atoms with van der Waals surface area (Å²) in [5, 5.41) is 12.0. The highest BCUT2D eigenvalue weighted by Gasteiger charge is 2.19. The summed E-state index contributed by atoms with van der Waals surface area (Å²) >= 11 is 5.65. The van der Waals surface area contributed by atoms with Gasteiger partial charge in [-0.1, -0.05) is 11.6 Å². The number of aromatic nitrogens is 1. The molecule has 18 heavy (non-hydrogen) atoms. The van der Waals surface area contributed by atoms with Gasteiger partial charge in [0, 0.05) is 25.3 Å². The molecule has 1 saturated heterocycles. The normalized spacial score (nSPS) is 17.4. The smallest absolute Gasteiger partial charge is 0.166 e. The lowest BCUT2D eigenvalue weighted by Gasteiger charge is -2.30. The Kier molecular flexibility index (Phi) is 4.34. The van der Waals surface area contributed by atoms with Crippen LogP contribution >= 0.6 is 11.6 Å². The molecule has 0 bridgehead atoms. The van der Waals surface area contributed by atoms with E-state index in [1.54, 1.807) is 0 Å². The van der Waals surface area contributed by atoms with Crippen molar-refractivity contribution in [1.82, 2.24) is 9.88 Å². The number of nitriles is 1. The molecule has 0 amide bonds. The topological polar surface area (TPSA) is 52.0 Å². The minimum atomic E-state index is -0.429. The van der Waals surface area contributed by atoms with E-state index in [0.29, 0.717) is 11.6 Å². The first-order valence-electron chi connectivity index (χ1n) is 5.86. The van der Waals surface area contributed by atoms with Crippen LogP contribution in [0.2, 0.25) is 5.02 Å². The first-order chi connectivity index (χ1) is 8.69. The van der Waals surface area contributed by atoms with Gasteiger partial charge in [-0.2, -0.15) is 5.26 Å². The molecule has 1 fully saturated rings. The Balaban J connectivity index is 1.90. The van der Waals surface area contributed by atoms with Crippen molar-refractivity contribution in [2.45, 2.75) is 18.9 Å².